The molecule has 1 heterocycles. The molecule has 0 N–H and O–H groups in total. The first-order chi connectivity index (χ1) is 20.2. The zero-order chi connectivity index (χ0) is 29.2. The maximum absolute atomic E-state index is 7.95. The van der Waals surface area contributed by atoms with Crippen molar-refractivity contribution in [3.8, 4) is 33.4 Å². The topological polar surface area (TPSA) is 0 Å². The summed E-state index contributed by atoms with van der Waals surface area (Å²) >= 11 is -4.08. The van der Waals surface area contributed by atoms with Crippen LogP contribution in [0.3, 0.4) is 0 Å². The Labute approximate surface area is 263 Å². The van der Waals surface area contributed by atoms with E-state index in [-0.39, 0.29) is 9.04 Å². The molecule has 0 fully saturated rings. The number of aryl methyl sites for hydroxylation is 1. The molecule has 0 bridgehead atoms. The average molecular weight is 681 g/mol. The van der Waals surface area contributed by atoms with Gasteiger partial charge in [0.2, 0.25) is 0 Å². The van der Waals surface area contributed by atoms with E-state index >= 15 is 0 Å². The van der Waals surface area contributed by atoms with E-state index in [2.05, 4.69) is 143 Å². The first-order valence-corrected chi connectivity index (χ1v) is 25.1. The van der Waals surface area contributed by atoms with Crippen molar-refractivity contribution in [2.45, 2.75) is 31.3 Å². The number of halogens is 2. The van der Waals surface area contributed by atoms with E-state index in [1.165, 1.54) is 69.3 Å². The van der Waals surface area contributed by atoms with Crippen LogP contribution in [0.5, 0.6) is 0 Å². The molecular formula is C38H34Cl2SiZr. The van der Waals surface area contributed by atoms with E-state index in [0.29, 0.717) is 0 Å². The van der Waals surface area contributed by atoms with E-state index in [1.807, 2.05) is 0 Å². The molecule has 0 spiro atoms. The zero-order valence-electron chi connectivity index (χ0n) is 24.5. The maximum atomic E-state index is 7.95. The SMILES string of the molecule is Cc1ccc2c(c1-c1ccccc1-c1ccccc1)C=C(C(C)(C)C)[CH]2[Zr]([Cl])([Cl])[c]1cccc2c1[SiH2]c1ccccc1-2. The standard InChI is InChI=1S/C26H25.C12H9Si.2ClH.Zr/c1-18-14-15-20-16-21(26(2,3)4)17-24(20)25(18)23-13-9-8-12-22(23)19-10-6-5-7-11-19;1-3-7-11-9(5-1)10-6-2-4-8-12(10)13-11;;;/h5-17H,1-4H3;1-7H,13H2;2*1H;/q;;;;+2/p-2. The van der Waals surface area contributed by atoms with Crippen LogP contribution in [0, 0.1) is 12.3 Å². The molecule has 42 heavy (non-hydrogen) atoms. The van der Waals surface area contributed by atoms with Gasteiger partial charge in [0.15, 0.2) is 0 Å². The Hall–Kier alpha value is -2.48. The normalized spacial score (nSPS) is 16.2. The summed E-state index contributed by atoms with van der Waals surface area (Å²) in [6.07, 6.45) is 2.45. The molecule has 0 saturated carbocycles. The molecule has 1 aliphatic heterocycles. The molecule has 5 aromatic rings. The van der Waals surface area contributed by atoms with E-state index in [4.69, 9.17) is 17.0 Å². The summed E-state index contributed by atoms with van der Waals surface area (Å²) in [5.74, 6) is 0. The predicted octanol–water partition coefficient (Wildman–Crippen LogP) is 8.70. The van der Waals surface area contributed by atoms with Crippen molar-refractivity contribution < 1.29 is 17.9 Å². The minimum atomic E-state index is -4.08. The summed E-state index contributed by atoms with van der Waals surface area (Å²) < 4.78 is 1.33. The molecule has 0 nitrogen and oxygen atoms in total. The Balaban J connectivity index is 1.44. The third kappa shape index (κ3) is 4.58. The molecule has 0 radical (unpaired) electrons. The van der Waals surface area contributed by atoms with Crippen LogP contribution in [0.15, 0.2) is 115 Å². The van der Waals surface area contributed by atoms with Crippen molar-refractivity contribution in [2.75, 3.05) is 0 Å². The third-order valence-corrected chi connectivity index (χ3v) is 23.3. The van der Waals surface area contributed by atoms with Gasteiger partial charge in [0.1, 0.15) is 0 Å². The minimum absolute atomic E-state index is 0.0464. The predicted molar refractivity (Wildman–Crippen MR) is 183 cm³/mol. The summed E-state index contributed by atoms with van der Waals surface area (Å²) in [5, 5.41) is 2.98. The van der Waals surface area contributed by atoms with E-state index in [0.717, 1.165) is 0 Å². The number of hydrogen-bond acceptors (Lipinski definition) is 0. The molecule has 7 rings (SSSR count). The van der Waals surface area contributed by atoms with Crippen molar-refractivity contribution in [3.63, 3.8) is 0 Å². The van der Waals surface area contributed by atoms with Gasteiger partial charge in [-0.1, -0.05) is 0 Å². The Kier molecular flexibility index (Phi) is 7.14. The Morgan fingerprint density at radius 2 is 1.31 bits per heavy atom. The molecule has 1 atom stereocenters. The van der Waals surface area contributed by atoms with E-state index < -0.39 is 27.4 Å². The van der Waals surface area contributed by atoms with Crippen molar-refractivity contribution >= 4 is 46.3 Å². The monoisotopic (exact) mass is 678 g/mol. The van der Waals surface area contributed by atoms with Crippen molar-refractivity contribution in [1.29, 1.82) is 0 Å². The van der Waals surface area contributed by atoms with Gasteiger partial charge in [0.05, 0.1) is 0 Å². The van der Waals surface area contributed by atoms with Gasteiger partial charge in [0.25, 0.3) is 0 Å². The number of allylic oxidation sites excluding steroid dienone is 1. The molecule has 1 unspecified atom stereocenters. The molecule has 208 valence electrons. The van der Waals surface area contributed by atoms with E-state index in [9.17, 15) is 0 Å². The second kappa shape index (κ2) is 10.6. The van der Waals surface area contributed by atoms with Crippen LogP contribution >= 0.6 is 17.0 Å². The van der Waals surface area contributed by atoms with Crippen LogP contribution in [0.1, 0.15) is 41.1 Å². The summed E-state index contributed by atoms with van der Waals surface area (Å²) in [5.41, 5.74) is 13.0. The summed E-state index contributed by atoms with van der Waals surface area (Å²) in [4.78, 5) is 0. The van der Waals surface area contributed by atoms with Gasteiger partial charge < -0.3 is 0 Å². The zero-order valence-corrected chi connectivity index (χ0v) is 29.9. The number of hydrogen-bond donors (Lipinski definition) is 0. The average Bonchev–Trinajstić information content (AvgIpc) is 3.57. The van der Waals surface area contributed by atoms with Crippen LogP contribution in [0.2, 0.25) is 0 Å². The Morgan fingerprint density at radius 1 is 0.667 bits per heavy atom. The number of fused-ring (bicyclic) bond motifs is 4. The summed E-state index contributed by atoms with van der Waals surface area (Å²) in [6.45, 7) is 9.19. The molecule has 2 aliphatic rings. The van der Waals surface area contributed by atoms with Crippen molar-refractivity contribution in [2.24, 2.45) is 5.41 Å². The van der Waals surface area contributed by atoms with Gasteiger partial charge in [-0.05, 0) is 0 Å². The third-order valence-electron chi connectivity index (χ3n) is 9.13. The van der Waals surface area contributed by atoms with Gasteiger partial charge in [0, 0.05) is 0 Å². The summed E-state index contributed by atoms with van der Waals surface area (Å²) in [6, 6.07) is 39.8. The molecule has 0 saturated heterocycles. The molecule has 4 heteroatoms. The van der Waals surface area contributed by atoms with Gasteiger partial charge in [-0.25, -0.2) is 0 Å². The second-order valence-electron chi connectivity index (χ2n) is 12.7. The quantitative estimate of drug-likeness (QED) is 0.164. The van der Waals surface area contributed by atoms with Gasteiger partial charge >= 0.3 is 266 Å². The first-order valence-electron chi connectivity index (χ1n) is 14.7. The van der Waals surface area contributed by atoms with Crippen LogP contribution in [-0.4, -0.2) is 9.52 Å². The molecule has 5 aromatic carbocycles. The fourth-order valence-corrected chi connectivity index (χ4v) is 24.3. The summed E-state index contributed by atoms with van der Waals surface area (Å²) in [7, 11) is 15.2. The van der Waals surface area contributed by atoms with Crippen LogP contribution in [-0.2, 0) is 17.9 Å². The van der Waals surface area contributed by atoms with Crippen molar-refractivity contribution in [1.82, 2.24) is 0 Å². The Bertz CT molecular complexity index is 1880. The van der Waals surface area contributed by atoms with Gasteiger partial charge in [-0.15, -0.1) is 0 Å². The first kappa shape index (κ1) is 28.3. The van der Waals surface area contributed by atoms with Gasteiger partial charge in [-0.3, -0.25) is 0 Å². The van der Waals surface area contributed by atoms with Gasteiger partial charge in [-0.2, -0.15) is 0 Å². The fourth-order valence-electron chi connectivity index (χ4n) is 7.15. The Morgan fingerprint density at radius 3 is 2.05 bits per heavy atom. The molecule has 0 aromatic heterocycles. The van der Waals surface area contributed by atoms with E-state index in [1.54, 1.807) is 0 Å². The second-order valence-corrected chi connectivity index (χ2v) is 28.6. The van der Waals surface area contributed by atoms with Crippen LogP contribution in [0.4, 0.5) is 0 Å². The fraction of sp³-hybridized carbons (Fsp3) is 0.158. The number of rotatable bonds is 4. The molecule has 0 amide bonds. The molecular weight excluding hydrogens is 647 g/mol. The van der Waals surface area contributed by atoms with Crippen LogP contribution < -0.4 is 13.6 Å². The van der Waals surface area contributed by atoms with Crippen molar-refractivity contribution in [3.05, 3.63) is 131 Å². The molecule has 1 aliphatic carbocycles. The van der Waals surface area contributed by atoms with Crippen LogP contribution in [0.25, 0.3) is 39.5 Å². The number of benzene rings is 5.